The van der Waals surface area contributed by atoms with E-state index in [4.69, 9.17) is 4.74 Å². The fraction of sp³-hybridized carbons (Fsp3) is 0.333. The van der Waals surface area contributed by atoms with E-state index in [1.54, 1.807) is 30.6 Å². The second-order valence-electron chi connectivity index (χ2n) is 4.80. The van der Waals surface area contributed by atoms with Gasteiger partial charge in [-0.05, 0) is 18.2 Å². The molecule has 5 nitrogen and oxygen atoms in total. The van der Waals surface area contributed by atoms with Crippen LogP contribution < -0.4 is 15.0 Å². The van der Waals surface area contributed by atoms with E-state index in [1.807, 2.05) is 4.90 Å². The SMILES string of the molecule is Fc1cc(OCc2ncccn2)ccc1N1CCNCC1. The molecule has 1 N–H and O–H groups in total. The zero-order chi connectivity index (χ0) is 14.5. The minimum atomic E-state index is -0.261. The number of piperazine rings is 1. The van der Waals surface area contributed by atoms with Crippen LogP contribution in [0.4, 0.5) is 10.1 Å². The summed E-state index contributed by atoms with van der Waals surface area (Å²) in [6.07, 6.45) is 3.31. The van der Waals surface area contributed by atoms with E-state index < -0.39 is 0 Å². The topological polar surface area (TPSA) is 50.3 Å². The molecular formula is C15H17FN4O. The van der Waals surface area contributed by atoms with Crippen molar-refractivity contribution in [2.45, 2.75) is 6.61 Å². The Kier molecular flexibility index (Phi) is 4.25. The predicted molar refractivity (Wildman–Crippen MR) is 77.8 cm³/mol. The third-order valence-electron chi connectivity index (χ3n) is 3.36. The van der Waals surface area contributed by atoms with E-state index in [0.29, 0.717) is 17.3 Å². The average Bonchev–Trinajstić information content (AvgIpc) is 2.55. The Balaban J connectivity index is 1.66. The van der Waals surface area contributed by atoms with Crippen LogP contribution in [0.1, 0.15) is 5.82 Å². The molecule has 1 saturated heterocycles. The molecule has 1 aliphatic rings. The summed E-state index contributed by atoms with van der Waals surface area (Å²) in [5, 5.41) is 3.25. The van der Waals surface area contributed by atoms with Gasteiger partial charge >= 0.3 is 0 Å². The molecule has 0 spiro atoms. The van der Waals surface area contributed by atoms with Crippen molar-refractivity contribution in [1.82, 2.24) is 15.3 Å². The van der Waals surface area contributed by atoms with Gasteiger partial charge in [0.25, 0.3) is 0 Å². The van der Waals surface area contributed by atoms with Crippen LogP contribution in [0.5, 0.6) is 5.75 Å². The second-order valence-corrected chi connectivity index (χ2v) is 4.80. The summed E-state index contributed by atoms with van der Waals surface area (Å²) in [7, 11) is 0. The molecule has 1 fully saturated rings. The standard InChI is InChI=1S/C15H17FN4O/c16-13-10-12(21-11-15-18-4-1-5-19-15)2-3-14(13)20-8-6-17-7-9-20/h1-5,10,17H,6-9,11H2. The lowest BCUT2D eigenvalue weighted by Gasteiger charge is -2.29. The van der Waals surface area contributed by atoms with Gasteiger partial charge in [-0.25, -0.2) is 14.4 Å². The first kappa shape index (κ1) is 13.8. The Morgan fingerprint density at radius 3 is 2.67 bits per heavy atom. The van der Waals surface area contributed by atoms with Crippen molar-refractivity contribution in [2.75, 3.05) is 31.1 Å². The van der Waals surface area contributed by atoms with Crippen molar-refractivity contribution in [3.05, 3.63) is 48.3 Å². The summed E-state index contributed by atoms with van der Waals surface area (Å²) in [5.41, 5.74) is 0.625. The van der Waals surface area contributed by atoms with Crippen LogP contribution in [0.2, 0.25) is 0 Å². The Morgan fingerprint density at radius 1 is 1.19 bits per heavy atom. The van der Waals surface area contributed by atoms with Crippen LogP contribution in [0.3, 0.4) is 0 Å². The molecule has 2 aromatic rings. The molecule has 0 saturated carbocycles. The van der Waals surface area contributed by atoms with E-state index in [9.17, 15) is 4.39 Å². The van der Waals surface area contributed by atoms with Crippen molar-refractivity contribution in [3.8, 4) is 5.75 Å². The molecule has 0 unspecified atom stereocenters. The number of aromatic nitrogens is 2. The van der Waals surface area contributed by atoms with Crippen molar-refractivity contribution in [1.29, 1.82) is 0 Å². The fourth-order valence-electron chi connectivity index (χ4n) is 2.29. The van der Waals surface area contributed by atoms with Crippen molar-refractivity contribution >= 4 is 5.69 Å². The second kappa shape index (κ2) is 6.49. The molecule has 1 aliphatic heterocycles. The van der Waals surface area contributed by atoms with Crippen LogP contribution in [-0.2, 0) is 6.61 Å². The number of nitrogens with one attached hydrogen (secondary N) is 1. The molecule has 0 amide bonds. The average molecular weight is 288 g/mol. The highest BCUT2D eigenvalue weighted by molar-refractivity contribution is 5.51. The van der Waals surface area contributed by atoms with Gasteiger partial charge in [-0.15, -0.1) is 0 Å². The van der Waals surface area contributed by atoms with Crippen molar-refractivity contribution in [3.63, 3.8) is 0 Å². The highest BCUT2D eigenvalue weighted by Gasteiger charge is 2.15. The monoisotopic (exact) mass is 288 g/mol. The highest BCUT2D eigenvalue weighted by atomic mass is 19.1. The number of anilines is 1. The summed E-state index contributed by atoms with van der Waals surface area (Å²) >= 11 is 0. The lowest BCUT2D eigenvalue weighted by Crippen LogP contribution is -2.43. The summed E-state index contributed by atoms with van der Waals surface area (Å²) < 4.78 is 19.7. The number of halogens is 1. The van der Waals surface area contributed by atoms with E-state index in [0.717, 1.165) is 26.2 Å². The van der Waals surface area contributed by atoms with Crippen LogP contribution in [0.25, 0.3) is 0 Å². The van der Waals surface area contributed by atoms with Gasteiger partial charge in [-0.3, -0.25) is 0 Å². The first-order valence-corrected chi connectivity index (χ1v) is 6.97. The van der Waals surface area contributed by atoms with Crippen molar-refractivity contribution in [2.24, 2.45) is 0 Å². The molecule has 0 aliphatic carbocycles. The van der Waals surface area contributed by atoms with E-state index in [1.165, 1.54) is 6.07 Å². The molecule has 0 radical (unpaired) electrons. The summed E-state index contributed by atoms with van der Waals surface area (Å²) in [6.45, 7) is 3.61. The number of hydrogen-bond acceptors (Lipinski definition) is 5. The largest absolute Gasteiger partial charge is 0.486 e. The molecule has 1 aromatic heterocycles. The fourth-order valence-corrected chi connectivity index (χ4v) is 2.29. The maximum atomic E-state index is 14.2. The molecule has 0 bridgehead atoms. The van der Waals surface area contributed by atoms with Crippen LogP contribution >= 0.6 is 0 Å². The van der Waals surface area contributed by atoms with Gasteiger partial charge < -0.3 is 15.0 Å². The van der Waals surface area contributed by atoms with Gasteiger partial charge in [0.15, 0.2) is 5.82 Å². The summed E-state index contributed by atoms with van der Waals surface area (Å²) in [4.78, 5) is 10.2. The van der Waals surface area contributed by atoms with Gasteiger partial charge in [0, 0.05) is 44.6 Å². The molecule has 3 rings (SSSR count). The lowest BCUT2D eigenvalue weighted by atomic mass is 10.2. The molecule has 110 valence electrons. The third-order valence-corrected chi connectivity index (χ3v) is 3.36. The number of hydrogen-bond donors (Lipinski definition) is 1. The molecule has 0 atom stereocenters. The third kappa shape index (κ3) is 3.46. The number of nitrogens with zero attached hydrogens (tertiary/aromatic N) is 3. The van der Waals surface area contributed by atoms with Gasteiger partial charge in [-0.2, -0.15) is 0 Å². The van der Waals surface area contributed by atoms with Crippen LogP contribution in [0, 0.1) is 5.82 Å². The van der Waals surface area contributed by atoms with Gasteiger partial charge in [0.05, 0.1) is 5.69 Å². The van der Waals surface area contributed by atoms with Gasteiger partial charge in [0.1, 0.15) is 18.2 Å². The Bertz CT molecular complexity index is 587. The summed E-state index contributed by atoms with van der Waals surface area (Å²) in [6, 6.07) is 6.71. The minimum absolute atomic E-state index is 0.229. The maximum absolute atomic E-state index is 14.2. The highest BCUT2D eigenvalue weighted by Crippen LogP contribution is 2.24. The summed E-state index contributed by atoms with van der Waals surface area (Å²) in [5.74, 6) is 0.798. The minimum Gasteiger partial charge on any atom is -0.486 e. The number of ether oxygens (including phenoxy) is 1. The Labute approximate surface area is 122 Å². The Hall–Kier alpha value is -2.21. The van der Waals surface area contributed by atoms with Gasteiger partial charge in [-0.1, -0.05) is 0 Å². The van der Waals surface area contributed by atoms with Crippen LogP contribution in [-0.4, -0.2) is 36.1 Å². The molecule has 21 heavy (non-hydrogen) atoms. The molecule has 1 aromatic carbocycles. The quantitative estimate of drug-likeness (QED) is 0.926. The zero-order valence-corrected chi connectivity index (χ0v) is 11.6. The van der Waals surface area contributed by atoms with Crippen molar-refractivity contribution < 1.29 is 9.13 Å². The Morgan fingerprint density at radius 2 is 1.95 bits per heavy atom. The van der Waals surface area contributed by atoms with E-state index >= 15 is 0 Å². The van der Waals surface area contributed by atoms with Crippen LogP contribution in [0.15, 0.2) is 36.7 Å². The molecular weight excluding hydrogens is 271 g/mol. The maximum Gasteiger partial charge on any atom is 0.166 e. The first-order chi connectivity index (χ1) is 10.3. The number of rotatable bonds is 4. The van der Waals surface area contributed by atoms with E-state index in [-0.39, 0.29) is 12.4 Å². The predicted octanol–water partition coefficient (Wildman–Crippen LogP) is 1.60. The smallest absolute Gasteiger partial charge is 0.166 e. The zero-order valence-electron chi connectivity index (χ0n) is 11.6. The normalized spacial score (nSPS) is 15.0. The first-order valence-electron chi connectivity index (χ1n) is 6.97. The van der Waals surface area contributed by atoms with Gasteiger partial charge in [0.2, 0.25) is 0 Å². The molecule has 2 heterocycles. The van der Waals surface area contributed by atoms with E-state index in [2.05, 4.69) is 15.3 Å². The number of benzene rings is 1. The lowest BCUT2D eigenvalue weighted by molar-refractivity contribution is 0.294. The molecule has 6 heteroatoms.